The van der Waals surface area contributed by atoms with Crippen LogP contribution in [0.2, 0.25) is 5.02 Å². The molecule has 1 fully saturated rings. The third-order valence-corrected chi connectivity index (χ3v) is 5.64. The molecule has 7 heteroatoms. The highest BCUT2D eigenvalue weighted by Gasteiger charge is 2.21. The number of hydrogen-bond donors (Lipinski definition) is 1. The molecule has 0 unspecified atom stereocenters. The molecule has 0 bridgehead atoms. The summed E-state index contributed by atoms with van der Waals surface area (Å²) in [6, 6.07) is 11.6. The topological polar surface area (TPSA) is 54.4 Å². The molecule has 1 aliphatic rings. The first-order valence-electron chi connectivity index (χ1n) is 10.2. The Morgan fingerprint density at radius 1 is 1.03 bits per heavy atom. The van der Waals surface area contributed by atoms with E-state index in [1.807, 2.05) is 30.3 Å². The summed E-state index contributed by atoms with van der Waals surface area (Å²) in [5, 5.41) is 11.2. The number of halogens is 1. The summed E-state index contributed by atoms with van der Waals surface area (Å²) in [4.78, 5) is 4.63. The Kier molecular flexibility index (Phi) is 8.22. The standard InChI is InChI=1S/C23H31ClN2O4/c1-17-4-5-19(24)13-22(17)26-10-8-25(9-11-26)14-20(27)16-30-15-18-12-21(28-2)6-7-23(18)29-3/h4-7,12-13,20,27H,8-11,14-16H2,1-3H3/t20-/m1/s1. The van der Waals surface area contributed by atoms with Gasteiger partial charge in [0.2, 0.25) is 0 Å². The summed E-state index contributed by atoms with van der Waals surface area (Å²) in [5.74, 6) is 1.50. The monoisotopic (exact) mass is 434 g/mol. The van der Waals surface area contributed by atoms with Gasteiger partial charge < -0.3 is 24.2 Å². The molecule has 0 radical (unpaired) electrons. The average Bonchev–Trinajstić information content (AvgIpc) is 2.76. The number of methoxy groups -OCH3 is 2. The number of aliphatic hydroxyl groups is 1. The smallest absolute Gasteiger partial charge is 0.124 e. The quantitative estimate of drug-likeness (QED) is 0.653. The second-order valence-electron chi connectivity index (χ2n) is 7.57. The number of aryl methyl sites for hydroxylation is 1. The minimum absolute atomic E-state index is 0.272. The summed E-state index contributed by atoms with van der Waals surface area (Å²) < 4.78 is 16.4. The first kappa shape index (κ1) is 22.7. The second-order valence-corrected chi connectivity index (χ2v) is 8.00. The minimum Gasteiger partial charge on any atom is -0.497 e. The van der Waals surface area contributed by atoms with E-state index in [9.17, 15) is 5.11 Å². The summed E-state index contributed by atoms with van der Waals surface area (Å²) in [6.45, 7) is 6.95. The van der Waals surface area contributed by atoms with Gasteiger partial charge in [0, 0.05) is 49.0 Å². The SMILES string of the molecule is COc1ccc(OC)c(COC[C@H](O)CN2CCN(c3cc(Cl)ccc3C)CC2)c1. The predicted octanol–water partition coefficient (Wildman–Crippen LogP) is 3.37. The zero-order chi connectivity index (χ0) is 21.5. The van der Waals surface area contributed by atoms with Gasteiger partial charge in [-0.2, -0.15) is 0 Å². The summed E-state index contributed by atoms with van der Waals surface area (Å²) in [6.07, 6.45) is -0.541. The van der Waals surface area contributed by atoms with E-state index in [2.05, 4.69) is 22.8 Å². The van der Waals surface area contributed by atoms with E-state index < -0.39 is 6.10 Å². The molecule has 1 heterocycles. The summed E-state index contributed by atoms with van der Waals surface area (Å²) in [7, 11) is 3.26. The van der Waals surface area contributed by atoms with Crippen molar-refractivity contribution < 1.29 is 19.3 Å². The molecule has 1 atom stereocenters. The highest BCUT2D eigenvalue weighted by Crippen LogP contribution is 2.26. The van der Waals surface area contributed by atoms with Gasteiger partial charge >= 0.3 is 0 Å². The fourth-order valence-electron chi connectivity index (χ4n) is 3.74. The van der Waals surface area contributed by atoms with E-state index >= 15 is 0 Å². The molecule has 0 spiro atoms. The van der Waals surface area contributed by atoms with Crippen LogP contribution < -0.4 is 14.4 Å². The number of aliphatic hydroxyl groups excluding tert-OH is 1. The fraction of sp³-hybridized carbons (Fsp3) is 0.478. The highest BCUT2D eigenvalue weighted by molar-refractivity contribution is 6.30. The van der Waals surface area contributed by atoms with Crippen LogP contribution in [0.4, 0.5) is 5.69 Å². The molecule has 3 rings (SSSR count). The molecule has 0 aromatic heterocycles. The Labute approximate surface area is 183 Å². The molecular formula is C23H31ClN2O4. The lowest BCUT2D eigenvalue weighted by Gasteiger charge is -2.37. The maximum Gasteiger partial charge on any atom is 0.124 e. The number of rotatable bonds is 9. The van der Waals surface area contributed by atoms with E-state index in [1.165, 1.54) is 11.3 Å². The molecule has 2 aromatic carbocycles. The maximum absolute atomic E-state index is 10.4. The van der Waals surface area contributed by atoms with Gasteiger partial charge in [0.15, 0.2) is 0 Å². The van der Waals surface area contributed by atoms with Crippen molar-refractivity contribution in [2.45, 2.75) is 19.6 Å². The van der Waals surface area contributed by atoms with Crippen molar-refractivity contribution in [3.05, 3.63) is 52.5 Å². The van der Waals surface area contributed by atoms with Crippen LogP contribution in [0.3, 0.4) is 0 Å². The minimum atomic E-state index is -0.541. The van der Waals surface area contributed by atoms with Crippen molar-refractivity contribution in [3.63, 3.8) is 0 Å². The first-order valence-corrected chi connectivity index (χ1v) is 10.6. The van der Waals surface area contributed by atoms with Crippen LogP contribution in [0.15, 0.2) is 36.4 Å². The largest absolute Gasteiger partial charge is 0.497 e. The van der Waals surface area contributed by atoms with Gasteiger partial charge in [-0.15, -0.1) is 0 Å². The molecule has 0 saturated carbocycles. The number of hydrogen-bond acceptors (Lipinski definition) is 6. The molecule has 6 nitrogen and oxygen atoms in total. The van der Waals surface area contributed by atoms with Crippen LogP contribution in [0.25, 0.3) is 0 Å². The lowest BCUT2D eigenvalue weighted by atomic mass is 10.1. The molecule has 2 aromatic rings. The average molecular weight is 435 g/mol. The number of β-amino-alcohol motifs (C(OH)–C–C–N with tert-alkyl or cyclic N) is 1. The van der Waals surface area contributed by atoms with E-state index in [0.29, 0.717) is 13.2 Å². The van der Waals surface area contributed by atoms with Crippen LogP contribution in [0.1, 0.15) is 11.1 Å². The molecule has 164 valence electrons. The van der Waals surface area contributed by atoms with Crippen molar-refractivity contribution in [1.29, 1.82) is 0 Å². The second kappa shape index (κ2) is 10.9. The fourth-order valence-corrected chi connectivity index (χ4v) is 3.91. The Morgan fingerprint density at radius 2 is 1.80 bits per heavy atom. The van der Waals surface area contributed by atoms with Gasteiger partial charge in [-0.3, -0.25) is 4.90 Å². The molecule has 30 heavy (non-hydrogen) atoms. The van der Waals surface area contributed by atoms with Gasteiger partial charge in [-0.25, -0.2) is 0 Å². The zero-order valence-electron chi connectivity index (χ0n) is 17.9. The van der Waals surface area contributed by atoms with Crippen molar-refractivity contribution in [1.82, 2.24) is 4.90 Å². The van der Waals surface area contributed by atoms with E-state index in [4.69, 9.17) is 25.8 Å². The molecule has 1 saturated heterocycles. The van der Waals surface area contributed by atoms with Crippen molar-refractivity contribution in [2.75, 3.05) is 58.5 Å². The predicted molar refractivity (Wildman–Crippen MR) is 120 cm³/mol. The Morgan fingerprint density at radius 3 is 2.50 bits per heavy atom. The van der Waals surface area contributed by atoms with Crippen LogP contribution in [-0.4, -0.2) is 69.7 Å². The van der Waals surface area contributed by atoms with Crippen molar-refractivity contribution >= 4 is 17.3 Å². The normalized spacial score (nSPS) is 15.8. The molecule has 1 aliphatic heterocycles. The Bertz CT molecular complexity index is 825. The van der Waals surface area contributed by atoms with E-state index in [1.54, 1.807) is 14.2 Å². The number of ether oxygens (including phenoxy) is 3. The first-order chi connectivity index (χ1) is 14.5. The third kappa shape index (κ3) is 6.01. The molecule has 0 amide bonds. The summed E-state index contributed by atoms with van der Waals surface area (Å²) in [5.41, 5.74) is 3.32. The Balaban J connectivity index is 1.43. The van der Waals surface area contributed by atoms with Gasteiger partial charge in [0.05, 0.1) is 33.5 Å². The van der Waals surface area contributed by atoms with Gasteiger partial charge in [0.25, 0.3) is 0 Å². The number of piperazine rings is 1. The van der Waals surface area contributed by atoms with Crippen LogP contribution in [0.5, 0.6) is 11.5 Å². The van der Waals surface area contributed by atoms with Crippen LogP contribution in [-0.2, 0) is 11.3 Å². The molecular weight excluding hydrogens is 404 g/mol. The lowest BCUT2D eigenvalue weighted by molar-refractivity contribution is 0.00862. The summed E-state index contributed by atoms with van der Waals surface area (Å²) >= 11 is 6.16. The Hall–Kier alpha value is -1.99. The number of anilines is 1. The molecule has 1 N–H and O–H groups in total. The van der Waals surface area contributed by atoms with E-state index in [0.717, 1.165) is 48.3 Å². The lowest BCUT2D eigenvalue weighted by Crippen LogP contribution is -2.49. The van der Waals surface area contributed by atoms with Crippen molar-refractivity contribution in [3.8, 4) is 11.5 Å². The van der Waals surface area contributed by atoms with Crippen molar-refractivity contribution in [2.24, 2.45) is 0 Å². The number of nitrogens with zero attached hydrogens (tertiary/aromatic N) is 2. The molecule has 0 aliphatic carbocycles. The highest BCUT2D eigenvalue weighted by atomic mass is 35.5. The van der Waals surface area contributed by atoms with E-state index in [-0.39, 0.29) is 6.61 Å². The van der Waals surface area contributed by atoms with Crippen LogP contribution in [0, 0.1) is 6.92 Å². The maximum atomic E-state index is 10.4. The number of benzene rings is 2. The van der Waals surface area contributed by atoms with Gasteiger partial charge in [0.1, 0.15) is 11.5 Å². The van der Waals surface area contributed by atoms with Crippen LogP contribution >= 0.6 is 11.6 Å². The van der Waals surface area contributed by atoms with Gasteiger partial charge in [-0.05, 0) is 42.8 Å². The van der Waals surface area contributed by atoms with Gasteiger partial charge in [-0.1, -0.05) is 17.7 Å². The zero-order valence-corrected chi connectivity index (χ0v) is 18.7. The third-order valence-electron chi connectivity index (χ3n) is 5.41.